The number of imide groups is 1. The lowest BCUT2D eigenvalue weighted by Crippen LogP contribution is -2.52. The van der Waals surface area contributed by atoms with Crippen LogP contribution in [0.25, 0.3) is 0 Å². The average Bonchev–Trinajstić information content (AvgIpc) is 2.72. The highest BCUT2D eigenvalue weighted by atomic mass is 32.2. The molecule has 162 valence electrons. The molecule has 9 heteroatoms. The SMILES string of the molecule is CCCNC(=O)NC(=O)CN1CCN(S(=O)(=O)c2ccc([C@H](C)CC)cc2)CC1. The topological polar surface area (TPSA) is 98.8 Å². The molecule has 3 amide bonds. The quantitative estimate of drug-likeness (QED) is 0.662. The van der Waals surface area contributed by atoms with Crippen LogP contribution in [0, 0.1) is 0 Å². The molecule has 1 fully saturated rings. The number of hydrogen-bond acceptors (Lipinski definition) is 5. The number of benzene rings is 1. The first-order valence-electron chi connectivity index (χ1n) is 10.2. The van der Waals surface area contributed by atoms with Crippen LogP contribution in [-0.2, 0) is 14.8 Å². The molecule has 29 heavy (non-hydrogen) atoms. The average molecular weight is 425 g/mol. The first kappa shape index (κ1) is 23.3. The summed E-state index contributed by atoms with van der Waals surface area (Å²) < 4.78 is 27.2. The molecule has 1 aliphatic rings. The van der Waals surface area contributed by atoms with Crippen LogP contribution in [0.5, 0.6) is 0 Å². The summed E-state index contributed by atoms with van der Waals surface area (Å²) in [6.45, 7) is 8.22. The van der Waals surface area contributed by atoms with Crippen molar-refractivity contribution in [3.8, 4) is 0 Å². The zero-order valence-corrected chi connectivity index (χ0v) is 18.3. The molecule has 2 rings (SSSR count). The molecule has 1 aliphatic heterocycles. The summed E-state index contributed by atoms with van der Waals surface area (Å²) in [7, 11) is -3.55. The molecule has 0 aliphatic carbocycles. The molecule has 0 bridgehead atoms. The highest BCUT2D eigenvalue weighted by Gasteiger charge is 2.29. The molecule has 1 saturated heterocycles. The number of urea groups is 1. The third-order valence-corrected chi connectivity index (χ3v) is 7.10. The van der Waals surface area contributed by atoms with Gasteiger partial charge in [-0.25, -0.2) is 13.2 Å². The van der Waals surface area contributed by atoms with Gasteiger partial charge in [-0.15, -0.1) is 0 Å². The van der Waals surface area contributed by atoms with Crippen LogP contribution in [0.4, 0.5) is 4.79 Å². The van der Waals surface area contributed by atoms with Crippen molar-refractivity contribution < 1.29 is 18.0 Å². The van der Waals surface area contributed by atoms with E-state index in [4.69, 9.17) is 0 Å². The van der Waals surface area contributed by atoms with Gasteiger partial charge in [-0.05, 0) is 36.5 Å². The number of nitrogens with one attached hydrogen (secondary N) is 2. The summed E-state index contributed by atoms with van der Waals surface area (Å²) in [5.74, 6) is 0.000965. The number of amides is 3. The van der Waals surface area contributed by atoms with Gasteiger partial charge in [0.15, 0.2) is 0 Å². The van der Waals surface area contributed by atoms with Crippen molar-refractivity contribution in [2.75, 3.05) is 39.3 Å². The van der Waals surface area contributed by atoms with E-state index < -0.39 is 22.0 Å². The third kappa shape index (κ3) is 6.52. The number of sulfonamides is 1. The number of carbonyl (C=O) groups excluding carboxylic acids is 2. The van der Waals surface area contributed by atoms with Gasteiger partial charge in [0.25, 0.3) is 0 Å². The Labute approximate surface area is 173 Å². The van der Waals surface area contributed by atoms with E-state index in [0.717, 1.165) is 18.4 Å². The Hall–Kier alpha value is -1.97. The predicted molar refractivity (Wildman–Crippen MR) is 112 cm³/mol. The number of nitrogens with zero attached hydrogens (tertiary/aromatic N) is 2. The minimum Gasteiger partial charge on any atom is -0.338 e. The molecule has 0 unspecified atom stereocenters. The van der Waals surface area contributed by atoms with E-state index in [1.54, 1.807) is 12.1 Å². The maximum Gasteiger partial charge on any atom is 0.321 e. The minimum atomic E-state index is -3.55. The molecule has 1 aromatic carbocycles. The molecular weight excluding hydrogens is 392 g/mol. The summed E-state index contributed by atoms with van der Waals surface area (Å²) in [5.41, 5.74) is 1.13. The van der Waals surface area contributed by atoms with Gasteiger partial charge in [0.05, 0.1) is 11.4 Å². The fourth-order valence-corrected chi connectivity index (χ4v) is 4.56. The van der Waals surface area contributed by atoms with Crippen molar-refractivity contribution in [2.24, 2.45) is 0 Å². The molecule has 0 aromatic heterocycles. The van der Waals surface area contributed by atoms with Gasteiger partial charge in [-0.2, -0.15) is 4.31 Å². The van der Waals surface area contributed by atoms with E-state index >= 15 is 0 Å². The maximum atomic E-state index is 12.9. The second kappa shape index (κ2) is 10.7. The number of carbonyl (C=O) groups is 2. The molecule has 0 saturated carbocycles. The summed E-state index contributed by atoms with van der Waals surface area (Å²) in [5, 5.41) is 4.87. The smallest absolute Gasteiger partial charge is 0.321 e. The Kier molecular flexibility index (Phi) is 8.60. The molecule has 0 spiro atoms. The maximum absolute atomic E-state index is 12.9. The van der Waals surface area contributed by atoms with Crippen LogP contribution in [0.15, 0.2) is 29.2 Å². The highest BCUT2D eigenvalue weighted by molar-refractivity contribution is 7.89. The molecule has 1 heterocycles. The molecule has 2 N–H and O–H groups in total. The Morgan fingerprint density at radius 1 is 1.07 bits per heavy atom. The highest BCUT2D eigenvalue weighted by Crippen LogP contribution is 2.23. The molecule has 0 radical (unpaired) electrons. The first-order valence-corrected chi connectivity index (χ1v) is 11.6. The lowest BCUT2D eigenvalue weighted by atomic mass is 9.99. The standard InChI is InChI=1S/C20H32N4O4S/c1-4-10-21-20(26)22-19(25)15-23-11-13-24(14-12-23)29(27,28)18-8-6-17(7-9-18)16(3)5-2/h6-9,16H,4-5,10-15H2,1-3H3,(H2,21,22,25,26)/t16-/m1/s1. The zero-order valence-electron chi connectivity index (χ0n) is 17.5. The predicted octanol–water partition coefficient (Wildman–Crippen LogP) is 1.74. The van der Waals surface area contributed by atoms with E-state index in [9.17, 15) is 18.0 Å². The van der Waals surface area contributed by atoms with Crippen LogP contribution in [-0.4, -0.2) is 68.8 Å². The first-order chi connectivity index (χ1) is 13.8. The monoisotopic (exact) mass is 424 g/mol. The Morgan fingerprint density at radius 2 is 1.69 bits per heavy atom. The van der Waals surface area contributed by atoms with Gasteiger partial charge >= 0.3 is 6.03 Å². The molecule has 8 nitrogen and oxygen atoms in total. The fourth-order valence-electron chi connectivity index (χ4n) is 3.13. The van der Waals surface area contributed by atoms with Crippen molar-refractivity contribution >= 4 is 22.0 Å². The van der Waals surface area contributed by atoms with Crippen LogP contribution in [0.2, 0.25) is 0 Å². The number of piperazine rings is 1. The largest absolute Gasteiger partial charge is 0.338 e. The fraction of sp³-hybridized carbons (Fsp3) is 0.600. The minimum absolute atomic E-state index is 0.0665. The normalized spacial score (nSPS) is 16.9. The second-order valence-electron chi connectivity index (χ2n) is 7.36. The lowest BCUT2D eigenvalue weighted by Gasteiger charge is -2.33. The van der Waals surface area contributed by atoms with Gasteiger partial charge in [-0.3, -0.25) is 15.0 Å². The van der Waals surface area contributed by atoms with Crippen molar-refractivity contribution in [3.63, 3.8) is 0 Å². The molecule has 1 atom stereocenters. The van der Waals surface area contributed by atoms with Crippen LogP contribution in [0.3, 0.4) is 0 Å². The summed E-state index contributed by atoms with van der Waals surface area (Å²) in [6, 6.07) is 6.60. The summed E-state index contributed by atoms with van der Waals surface area (Å²) >= 11 is 0. The van der Waals surface area contributed by atoms with Gasteiger partial charge in [0.1, 0.15) is 0 Å². The summed E-state index contributed by atoms with van der Waals surface area (Å²) in [4.78, 5) is 25.6. The number of hydrogen-bond donors (Lipinski definition) is 2. The Bertz CT molecular complexity index is 787. The van der Waals surface area contributed by atoms with E-state index in [2.05, 4.69) is 24.5 Å². The van der Waals surface area contributed by atoms with Crippen molar-refractivity contribution in [3.05, 3.63) is 29.8 Å². The van der Waals surface area contributed by atoms with Crippen LogP contribution >= 0.6 is 0 Å². The molecule has 1 aromatic rings. The van der Waals surface area contributed by atoms with Gasteiger partial charge in [-0.1, -0.05) is 32.9 Å². The van der Waals surface area contributed by atoms with E-state index in [-0.39, 0.29) is 6.54 Å². The van der Waals surface area contributed by atoms with E-state index in [1.807, 2.05) is 24.0 Å². The third-order valence-electron chi connectivity index (χ3n) is 5.19. The van der Waals surface area contributed by atoms with Gasteiger partial charge in [0.2, 0.25) is 15.9 Å². The lowest BCUT2D eigenvalue weighted by molar-refractivity contribution is -0.121. The van der Waals surface area contributed by atoms with Crippen LogP contribution in [0.1, 0.15) is 45.1 Å². The van der Waals surface area contributed by atoms with E-state index in [1.165, 1.54) is 4.31 Å². The zero-order chi connectivity index (χ0) is 21.4. The Morgan fingerprint density at radius 3 is 2.24 bits per heavy atom. The number of rotatable bonds is 8. The summed E-state index contributed by atoms with van der Waals surface area (Å²) in [6.07, 6.45) is 1.79. The molecular formula is C20H32N4O4S. The van der Waals surface area contributed by atoms with Crippen molar-refractivity contribution in [1.29, 1.82) is 0 Å². The van der Waals surface area contributed by atoms with Crippen LogP contribution < -0.4 is 10.6 Å². The Balaban J connectivity index is 1.87. The van der Waals surface area contributed by atoms with Crippen molar-refractivity contribution in [1.82, 2.24) is 19.8 Å². The second-order valence-corrected chi connectivity index (χ2v) is 9.30. The van der Waals surface area contributed by atoms with Gasteiger partial charge < -0.3 is 5.32 Å². The van der Waals surface area contributed by atoms with Gasteiger partial charge in [0, 0.05) is 32.7 Å². The van der Waals surface area contributed by atoms with Crippen molar-refractivity contribution in [2.45, 2.75) is 44.4 Å². The van der Waals surface area contributed by atoms with E-state index in [0.29, 0.717) is 43.5 Å².